The van der Waals surface area contributed by atoms with Gasteiger partial charge in [-0.05, 0) is 32.2 Å². The van der Waals surface area contributed by atoms with Crippen LogP contribution in [0.5, 0.6) is 0 Å². The average Bonchev–Trinajstić information content (AvgIpc) is 3.29. The van der Waals surface area contributed by atoms with Crippen molar-refractivity contribution in [2.24, 2.45) is 5.92 Å². The molecule has 0 unspecified atom stereocenters. The molecule has 1 saturated heterocycles. The first kappa shape index (κ1) is 16.6. The van der Waals surface area contributed by atoms with E-state index in [1.807, 2.05) is 0 Å². The number of β-amino-alcohol motifs (C(OH)–C–C–N with tert-alkyl or cyclic N) is 1. The van der Waals surface area contributed by atoms with Gasteiger partial charge in [0, 0.05) is 19.0 Å². The first-order chi connectivity index (χ1) is 10.0. The van der Waals surface area contributed by atoms with Gasteiger partial charge in [-0.3, -0.25) is 9.69 Å². The predicted molar refractivity (Wildman–Crippen MR) is 75.4 cm³/mol. The zero-order chi connectivity index (χ0) is 15.4. The van der Waals surface area contributed by atoms with Crippen LogP contribution in [0, 0.1) is 5.92 Å². The topological polar surface area (TPSA) is 113 Å². The molecular weight excluding hydrogens is 276 g/mol. The highest BCUT2D eigenvalue weighted by Crippen LogP contribution is 2.28. The van der Waals surface area contributed by atoms with Crippen molar-refractivity contribution in [2.45, 2.75) is 50.0 Å². The molecule has 4 atom stereocenters. The van der Waals surface area contributed by atoms with Gasteiger partial charge in [-0.1, -0.05) is 0 Å². The van der Waals surface area contributed by atoms with E-state index in [4.69, 9.17) is 0 Å². The fourth-order valence-electron chi connectivity index (χ4n) is 2.78. The lowest BCUT2D eigenvalue weighted by Crippen LogP contribution is -2.62. The minimum atomic E-state index is -1.21. The van der Waals surface area contributed by atoms with Gasteiger partial charge >= 0.3 is 0 Å². The molecule has 1 aliphatic carbocycles. The Bertz CT molecular complexity index is 350. The van der Waals surface area contributed by atoms with Crippen molar-refractivity contribution in [1.29, 1.82) is 0 Å². The minimum Gasteiger partial charge on any atom is -0.395 e. The molecule has 1 aliphatic heterocycles. The minimum absolute atomic E-state index is 0.134. The molecular formula is C14H26N2O5. The quantitative estimate of drug-likeness (QED) is 0.349. The Morgan fingerprint density at radius 3 is 2.48 bits per heavy atom. The van der Waals surface area contributed by atoms with E-state index < -0.39 is 24.4 Å². The molecule has 1 heterocycles. The van der Waals surface area contributed by atoms with Crippen LogP contribution in [-0.4, -0.2) is 81.8 Å². The van der Waals surface area contributed by atoms with E-state index in [0.717, 1.165) is 25.7 Å². The monoisotopic (exact) mass is 302 g/mol. The molecule has 1 amide bonds. The standard InChI is InChI=1S/C14H26N2O5/c17-8-10-12(19)13(20)11(18)7-16(10)6-2-1-5-15-14(21)9-3-4-9/h9-13,17-20H,1-8H2,(H,15,21)/t10-,11+,12-,13-/m1/s1. The van der Waals surface area contributed by atoms with Gasteiger partial charge in [-0.15, -0.1) is 0 Å². The Labute approximate surface area is 124 Å². The van der Waals surface area contributed by atoms with Gasteiger partial charge in [-0.25, -0.2) is 0 Å². The number of aliphatic hydroxyl groups excluding tert-OH is 4. The first-order valence-electron chi connectivity index (χ1n) is 7.71. The lowest BCUT2D eigenvalue weighted by molar-refractivity contribution is -0.145. The summed E-state index contributed by atoms with van der Waals surface area (Å²) in [6.45, 7) is 1.20. The number of amides is 1. The number of hydrogen-bond donors (Lipinski definition) is 5. The van der Waals surface area contributed by atoms with E-state index in [9.17, 15) is 25.2 Å². The third-order valence-electron chi connectivity index (χ3n) is 4.34. The van der Waals surface area contributed by atoms with Crippen LogP contribution in [0.25, 0.3) is 0 Å². The number of hydrogen-bond acceptors (Lipinski definition) is 6. The summed E-state index contributed by atoms with van der Waals surface area (Å²) in [7, 11) is 0. The van der Waals surface area contributed by atoms with Gasteiger partial charge in [0.1, 0.15) is 12.2 Å². The maximum Gasteiger partial charge on any atom is 0.223 e. The van der Waals surface area contributed by atoms with E-state index in [0.29, 0.717) is 13.1 Å². The van der Waals surface area contributed by atoms with Crippen LogP contribution in [0.15, 0.2) is 0 Å². The number of carbonyl (C=O) groups is 1. The Balaban J connectivity index is 1.67. The average molecular weight is 302 g/mol. The van der Waals surface area contributed by atoms with Gasteiger partial charge in [0.25, 0.3) is 0 Å². The lowest BCUT2D eigenvalue weighted by atomic mass is 9.94. The molecule has 7 heteroatoms. The first-order valence-corrected chi connectivity index (χ1v) is 7.71. The zero-order valence-corrected chi connectivity index (χ0v) is 12.2. The van der Waals surface area contributed by atoms with E-state index in [1.165, 1.54) is 0 Å². The molecule has 7 nitrogen and oxygen atoms in total. The van der Waals surface area contributed by atoms with Crippen molar-refractivity contribution in [3.8, 4) is 0 Å². The molecule has 0 bridgehead atoms. The van der Waals surface area contributed by atoms with E-state index >= 15 is 0 Å². The van der Waals surface area contributed by atoms with Crippen molar-refractivity contribution in [3.05, 3.63) is 0 Å². The third kappa shape index (κ3) is 4.37. The molecule has 2 aliphatic rings. The Morgan fingerprint density at radius 1 is 1.14 bits per heavy atom. The number of carbonyl (C=O) groups excluding carboxylic acids is 1. The fraction of sp³-hybridized carbons (Fsp3) is 0.929. The maximum absolute atomic E-state index is 11.4. The normalized spacial score (nSPS) is 33.9. The highest BCUT2D eigenvalue weighted by atomic mass is 16.4. The molecule has 0 spiro atoms. The Kier molecular flexibility index (Phi) is 5.95. The molecule has 5 N–H and O–H groups in total. The molecule has 2 rings (SSSR count). The van der Waals surface area contributed by atoms with Crippen molar-refractivity contribution in [3.63, 3.8) is 0 Å². The Hall–Kier alpha value is -0.730. The largest absolute Gasteiger partial charge is 0.395 e. The van der Waals surface area contributed by atoms with Gasteiger partial charge in [-0.2, -0.15) is 0 Å². The summed E-state index contributed by atoms with van der Waals surface area (Å²) in [5.41, 5.74) is 0. The van der Waals surface area contributed by atoms with Crippen molar-refractivity contribution >= 4 is 5.91 Å². The molecule has 1 saturated carbocycles. The smallest absolute Gasteiger partial charge is 0.223 e. The van der Waals surface area contributed by atoms with Crippen LogP contribution < -0.4 is 5.32 Å². The van der Waals surface area contributed by atoms with Gasteiger partial charge in [0.15, 0.2) is 0 Å². The number of nitrogens with one attached hydrogen (secondary N) is 1. The molecule has 0 aromatic carbocycles. The number of piperidine rings is 1. The summed E-state index contributed by atoms with van der Waals surface area (Å²) >= 11 is 0. The van der Waals surface area contributed by atoms with Crippen molar-refractivity contribution in [1.82, 2.24) is 10.2 Å². The maximum atomic E-state index is 11.4. The van der Waals surface area contributed by atoms with Crippen LogP contribution in [0.2, 0.25) is 0 Å². The molecule has 21 heavy (non-hydrogen) atoms. The summed E-state index contributed by atoms with van der Waals surface area (Å²) in [5, 5.41) is 41.4. The van der Waals surface area contributed by atoms with Gasteiger partial charge in [0.05, 0.1) is 18.8 Å². The summed E-state index contributed by atoms with van der Waals surface area (Å²) in [5.74, 6) is 0.354. The van der Waals surface area contributed by atoms with Crippen molar-refractivity contribution in [2.75, 3.05) is 26.2 Å². The molecule has 122 valence electrons. The highest BCUT2D eigenvalue weighted by Gasteiger charge is 2.40. The Morgan fingerprint density at radius 2 is 1.86 bits per heavy atom. The van der Waals surface area contributed by atoms with Crippen LogP contribution in [-0.2, 0) is 4.79 Å². The summed E-state index contributed by atoms with van der Waals surface area (Å²) < 4.78 is 0. The second kappa shape index (κ2) is 7.51. The number of aliphatic hydroxyl groups is 4. The summed E-state index contributed by atoms with van der Waals surface area (Å²) in [6, 6.07) is -0.551. The SMILES string of the molecule is O=C(NCCCCN1C[C@H](O)[C@@H](O)[C@H](O)[C@H]1CO)C1CC1. The molecule has 0 radical (unpaired) electrons. The van der Waals surface area contributed by atoms with E-state index in [1.54, 1.807) is 4.90 Å². The third-order valence-corrected chi connectivity index (χ3v) is 4.34. The second-order valence-corrected chi connectivity index (χ2v) is 6.07. The molecule has 0 aromatic heterocycles. The summed E-state index contributed by atoms with van der Waals surface area (Å²) in [6.07, 6.45) is 0.229. The van der Waals surface area contributed by atoms with Crippen LogP contribution in [0.3, 0.4) is 0 Å². The van der Waals surface area contributed by atoms with Crippen LogP contribution >= 0.6 is 0 Å². The molecule has 2 fully saturated rings. The zero-order valence-electron chi connectivity index (χ0n) is 12.2. The number of nitrogens with zero attached hydrogens (tertiary/aromatic N) is 1. The van der Waals surface area contributed by atoms with Gasteiger partial charge in [0.2, 0.25) is 5.91 Å². The molecule has 0 aromatic rings. The summed E-state index contributed by atoms with van der Waals surface area (Å²) in [4.78, 5) is 13.2. The number of likely N-dealkylation sites (tertiary alicyclic amines) is 1. The van der Waals surface area contributed by atoms with Crippen LogP contribution in [0.4, 0.5) is 0 Å². The van der Waals surface area contributed by atoms with Crippen LogP contribution in [0.1, 0.15) is 25.7 Å². The highest BCUT2D eigenvalue weighted by molar-refractivity contribution is 5.80. The van der Waals surface area contributed by atoms with E-state index in [-0.39, 0.29) is 25.0 Å². The fourth-order valence-corrected chi connectivity index (χ4v) is 2.78. The number of unbranched alkanes of at least 4 members (excludes halogenated alkanes) is 1. The second-order valence-electron chi connectivity index (χ2n) is 6.07. The predicted octanol–water partition coefficient (Wildman–Crippen LogP) is -1.95. The van der Waals surface area contributed by atoms with Gasteiger partial charge < -0.3 is 25.7 Å². The van der Waals surface area contributed by atoms with E-state index in [2.05, 4.69) is 5.32 Å². The lowest BCUT2D eigenvalue weighted by Gasteiger charge is -2.43. The number of rotatable bonds is 7. The van der Waals surface area contributed by atoms with Crippen molar-refractivity contribution < 1.29 is 25.2 Å².